The molecule has 104 valence electrons. The number of nitrogens with one attached hydrogen (secondary N) is 2. The second kappa shape index (κ2) is 6.21. The van der Waals surface area contributed by atoms with Gasteiger partial charge >= 0.3 is 0 Å². The predicted octanol–water partition coefficient (Wildman–Crippen LogP) is 2.39. The summed E-state index contributed by atoms with van der Waals surface area (Å²) in [5.41, 5.74) is 1.90. The first kappa shape index (κ1) is 14.1. The van der Waals surface area contributed by atoms with Gasteiger partial charge in [0.1, 0.15) is 5.82 Å². The van der Waals surface area contributed by atoms with Crippen molar-refractivity contribution in [3.63, 3.8) is 0 Å². The van der Waals surface area contributed by atoms with E-state index in [9.17, 15) is 0 Å². The van der Waals surface area contributed by atoms with Crippen LogP contribution in [0.3, 0.4) is 0 Å². The minimum Gasteiger partial charge on any atom is -0.347 e. The van der Waals surface area contributed by atoms with Crippen LogP contribution in [0.25, 0.3) is 0 Å². The van der Waals surface area contributed by atoms with Crippen molar-refractivity contribution in [2.75, 3.05) is 6.54 Å². The number of hydrogen-bond donors (Lipinski definition) is 2. The molecule has 0 saturated carbocycles. The summed E-state index contributed by atoms with van der Waals surface area (Å²) in [5.74, 6) is 0.934. The number of imidazole rings is 1. The molecule has 0 spiro atoms. The standard InChI is InChI=1S/C13H20ClN5/c1-4-5-15-10(13-16-6-7-17-13)8-11-12(14)9(2)18-19(11)3/h6-7,10,15H,4-5,8H2,1-3H3,(H,16,17). The van der Waals surface area contributed by atoms with Gasteiger partial charge in [-0.15, -0.1) is 0 Å². The fraction of sp³-hybridized carbons (Fsp3) is 0.538. The lowest BCUT2D eigenvalue weighted by Crippen LogP contribution is -2.26. The first-order valence-corrected chi connectivity index (χ1v) is 6.92. The molecule has 0 fully saturated rings. The minimum atomic E-state index is 0.127. The molecule has 2 aromatic heterocycles. The number of nitrogens with zero attached hydrogens (tertiary/aromatic N) is 3. The molecular formula is C13H20ClN5. The van der Waals surface area contributed by atoms with Gasteiger partial charge in [-0.3, -0.25) is 4.68 Å². The van der Waals surface area contributed by atoms with Crippen molar-refractivity contribution in [1.82, 2.24) is 25.1 Å². The normalized spacial score (nSPS) is 12.8. The Morgan fingerprint density at radius 1 is 1.53 bits per heavy atom. The molecular weight excluding hydrogens is 262 g/mol. The number of aryl methyl sites for hydroxylation is 2. The van der Waals surface area contributed by atoms with Gasteiger partial charge < -0.3 is 10.3 Å². The highest BCUT2D eigenvalue weighted by Gasteiger charge is 2.19. The molecule has 1 atom stereocenters. The predicted molar refractivity (Wildman–Crippen MR) is 76.3 cm³/mol. The third kappa shape index (κ3) is 3.16. The fourth-order valence-corrected chi connectivity index (χ4v) is 2.38. The third-order valence-corrected chi connectivity index (χ3v) is 3.64. The SMILES string of the molecule is CCCNC(Cc1c(Cl)c(C)nn1C)c1ncc[nH]1. The smallest absolute Gasteiger partial charge is 0.123 e. The molecule has 2 rings (SSSR count). The molecule has 1 unspecified atom stereocenters. The number of aromatic amines is 1. The zero-order valence-electron chi connectivity index (χ0n) is 11.6. The van der Waals surface area contributed by atoms with Gasteiger partial charge in [0, 0.05) is 25.9 Å². The van der Waals surface area contributed by atoms with Crippen LogP contribution in [0.5, 0.6) is 0 Å². The maximum Gasteiger partial charge on any atom is 0.123 e. The van der Waals surface area contributed by atoms with E-state index in [4.69, 9.17) is 11.6 Å². The summed E-state index contributed by atoms with van der Waals surface area (Å²) in [7, 11) is 1.92. The Morgan fingerprint density at radius 2 is 2.32 bits per heavy atom. The van der Waals surface area contributed by atoms with Crippen LogP contribution in [0.1, 0.15) is 36.6 Å². The molecule has 0 radical (unpaired) electrons. The second-order valence-corrected chi connectivity index (χ2v) is 5.03. The summed E-state index contributed by atoms with van der Waals surface area (Å²) in [6, 6.07) is 0.127. The Kier molecular flexibility index (Phi) is 4.61. The molecule has 0 aromatic carbocycles. The topological polar surface area (TPSA) is 58.5 Å². The number of H-pyrrole nitrogens is 1. The van der Waals surface area contributed by atoms with Crippen LogP contribution >= 0.6 is 11.6 Å². The van der Waals surface area contributed by atoms with E-state index in [0.29, 0.717) is 0 Å². The van der Waals surface area contributed by atoms with Crippen molar-refractivity contribution in [2.45, 2.75) is 32.7 Å². The summed E-state index contributed by atoms with van der Waals surface area (Å²) in [6.45, 7) is 5.01. The second-order valence-electron chi connectivity index (χ2n) is 4.65. The molecule has 0 aliphatic heterocycles. The van der Waals surface area contributed by atoms with E-state index in [0.717, 1.165) is 41.6 Å². The zero-order valence-corrected chi connectivity index (χ0v) is 12.3. The molecule has 2 aromatic rings. The van der Waals surface area contributed by atoms with Gasteiger partial charge in [-0.2, -0.15) is 5.10 Å². The Morgan fingerprint density at radius 3 is 2.84 bits per heavy atom. The molecule has 0 aliphatic rings. The van der Waals surface area contributed by atoms with Crippen LogP contribution in [0.15, 0.2) is 12.4 Å². The van der Waals surface area contributed by atoms with Crippen molar-refractivity contribution in [3.8, 4) is 0 Å². The molecule has 0 aliphatic carbocycles. The molecule has 0 amide bonds. The number of halogens is 1. The number of rotatable bonds is 6. The van der Waals surface area contributed by atoms with Crippen LogP contribution in [0.2, 0.25) is 5.02 Å². The lowest BCUT2D eigenvalue weighted by molar-refractivity contribution is 0.493. The molecule has 5 nitrogen and oxygen atoms in total. The molecule has 6 heteroatoms. The maximum atomic E-state index is 6.31. The number of hydrogen-bond acceptors (Lipinski definition) is 3. The first-order valence-electron chi connectivity index (χ1n) is 6.54. The molecule has 2 heterocycles. The van der Waals surface area contributed by atoms with Crippen molar-refractivity contribution < 1.29 is 0 Å². The molecule has 0 saturated heterocycles. The summed E-state index contributed by atoms with van der Waals surface area (Å²) >= 11 is 6.31. The van der Waals surface area contributed by atoms with Gasteiger partial charge in [0.15, 0.2) is 0 Å². The van der Waals surface area contributed by atoms with E-state index < -0.39 is 0 Å². The van der Waals surface area contributed by atoms with Gasteiger partial charge in [0.25, 0.3) is 0 Å². The molecule has 2 N–H and O–H groups in total. The summed E-state index contributed by atoms with van der Waals surface area (Å²) < 4.78 is 1.85. The van der Waals surface area contributed by atoms with Gasteiger partial charge in [0.05, 0.1) is 22.5 Å². The van der Waals surface area contributed by atoms with Crippen LogP contribution < -0.4 is 5.32 Å². The van der Waals surface area contributed by atoms with Crippen LogP contribution in [-0.2, 0) is 13.5 Å². The average molecular weight is 282 g/mol. The van der Waals surface area contributed by atoms with Gasteiger partial charge in [-0.05, 0) is 19.9 Å². The highest BCUT2D eigenvalue weighted by Crippen LogP contribution is 2.24. The average Bonchev–Trinajstić information content (AvgIpc) is 2.98. The van der Waals surface area contributed by atoms with Gasteiger partial charge in [0.2, 0.25) is 0 Å². The van der Waals surface area contributed by atoms with Crippen LogP contribution in [0, 0.1) is 6.92 Å². The Balaban J connectivity index is 2.20. The number of aromatic nitrogens is 4. The van der Waals surface area contributed by atoms with Crippen molar-refractivity contribution in [2.24, 2.45) is 7.05 Å². The quantitative estimate of drug-likeness (QED) is 0.855. The van der Waals surface area contributed by atoms with Crippen molar-refractivity contribution in [1.29, 1.82) is 0 Å². The molecule has 19 heavy (non-hydrogen) atoms. The van der Waals surface area contributed by atoms with Crippen molar-refractivity contribution in [3.05, 3.63) is 34.6 Å². The first-order chi connectivity index (χ1) is 9.13. The largest absolute Gasteiger partial charge is 0.347 e. The zero-order chi connectivity index (χ0) is 13.8. The maximum absolute atomic E-state index is 6.31. The minimum absolute atomic E-state index is 0.127. The lowest BCUT2D eigenvalue weighted by atomic mass is 10.1. The van der Waals surface area contributed by atoms with Crippen molar-refractivity contribution >= 4 is 11.6 Å². The van der Waals surface area contributed by atoms with Gasteiger partial charge in [-0.25, -0.2) is 4.98 Å². The monoisotopic (exact) mass is 281 g/mol. The van der Waals surface area contributed by atoms with E-state index in [1.165, 1.54) is 0 Å². The Hall–Kier alpha value is -1.33. The van der Waals surface area contributed by atoms with E-state index in [-0.39, 0.29) is 6.04 Å². The van der Waals surface area contributed by atoms with Gasteiger partial charge in [-0.1, -0.05) is 18.5 Å². The van der Waals surface area contributed by atoms with E-state index in [1.807, 2.05) is 24.9 Å². The Labute approximate surface area is 118 Å². The van der Waals surface area contributed by atoms with E-state index in [1.54, 1.807) is 6.20 Å². The lowest BCUT2D eigenvalue weighted by Gasteiger charge is -2.16. The third-order valence-electron chi connectivity index (χ3n) is 3.15. The van der Waals surface area contributed by atoms with Crippen LogP contribution in [-0.4, -0.2) is 26.3 Å². The highest BCUT2D eigenvalue weighted by molar-refractivity contribution is 6.31. The fourth-order valence-electron chi connectivity index (χ4n) is 2.15. The molecule has 0 bridgehead atoms. The van der Waals surface area contributed by atoms with Crippen LogP contribution in [0.4, 0.5) is 0 Å². The summed E-state index contributed by atoms with van der Waals surface area (Å²) in [6.07, 6.45) is 5.46. The Bertz CT molecular complexity index is 517. The van der Waals surface area contributed by atoms with E-state index in [2.05, 4.69) is 27.3 Å². The summed E-state index contributed by atoms with van der Waals surface area (Å²) in [4.78, 5) is 7.51. The highest BCUT2D eigenvalue weighted by atomic mass is 35.5. The summed E-state index contributed by atoms with van der Waals surface area (Å²) in [5, 5.41) is 8.59. The van der Waals surface area contributed by atoms with E-state index >= 15 is 0 Å².